The lowest BCUT2D eigenvalue weighted by Gasteiger charge is -2.16. The first-order valence-corrected chi connectivity index (χ1v) is 14.0. The van der Waals surface area contributed by atoms with Crippen LogP contribution < -0.4 is 0 Å². The van der Waals surface area contributed by atoms with Crippen molar-refractivity contribution in [3.63, 3.8) is 0 Å². The van der Waals surface area contributed by atoms with Crippen molar-refractivity contribution in [1.82, 2.24) is 7.94 Å². The molecule has 0 saturated carbocycles. The fourth-order valence-electron chi connectivity index (χ4n) is 3.14. The van der Waals surface area contributed by atoms with Crippen LogP contribution in [-0.2, 0) is 20.0 Å². The monoisotopic (exact) mass is 540 g/mol. The Kier molecular flexibility index (Phi) is 6.45. The van der Waals surface area contributed by atoms with Crippen molar-refractivity contribution in [2.45, 2.75) is 33.4 Å². The summed E-state index contributed by atoms with van der Waals surface area (Å²) >= 11 is 13.6. The van der Waals surface area contributed by atoms with Gasteiger partial charge >= 0.3 is 0 Å². The zero-order chi connectivity index (χ0) is 24.0. The minimum Gasteiger partial charge on any atom is -0.249 e. The Bertz CT molecular complexity index is 1430. The Morgan fingerprint density at radius 1 is 0.636 bits per heavy atom. The summed E-state index contributed by atoms with van der Waals surface area (Å²) in [6, 6.07) is 12.4. The number of aryl methyl sites for hydroxylation is 2. The van der Waals surface area contributed by atoms with E-state index in [0.29, 0.717) is 21.2 Å². The standard InChI is InChI=1S/C22H18Cl2N2O4S3/c1-15-11-21(32(27,28)25-7-3-4-8-25)19(13-17(15)23)31-20-14-18(24)16(2)12-22(20)33(29,30)26-9-5-6-10-26/h3-14H,1-2H3. The van der Waals surface area contributed by atoms with Gasteiger partial charge in [0.1, 0.15) is 9.79 Å². The van der Waals surface area contributed by atoms with E-state index in [9.17, 15) is 16.8 Å². The molecule has 4 rings (SSSR count). The molecule has 2 aromatic heterocycles. The summed E-state index contributed by atoms with van der Waals surface area (Å²) in [5, 5.41) is 0.717. The van der Waals surface area contributed by atoms with Gasteiger partial charge in [-0.25, -0.2) is 24.8 Å². The van der Waals surface area contributed by atoms with Gasteiger partial charge in [0.15, 0.2) is 0 Å². The number of aromatic nitrogens is 2. The molecule has 0 N–H and O–H groups in total. The summed E-state index contributed by atoms with van der Waals surface area (Å²) in [7, 11) is -7.89. The maximum atomic E-state index is 13.3. The molecule has 0 aliphatic rings. The van der Waals surface area contributed by atoms with E-state index in [2.05, 4.69) is 0 Å². The summed E-state index contributed by atoms with van der Waals surface area (Å²) in [5.74, 6) is 0. The number of benzene rings is 2. The lowest BCUT2D eigenvalue weighted by Crippen LogP contribution is -2.13. The molecule has 0 amide bonds. The van der Waals surface area contributed by atoms with Gasteiger partial charge in [-0.2, -0.15) is 0 Å². The van der Waals surface area contributed by atoms with Crippen LogP contribution in [0, 0.1) is 13.8 Å². The number of hydrogen-bond acceptors (Lipinski definition) is 5. The second kappa shape index (κ2) is 8.88. The second-order valence-electron chi connectivity index (χ2n) is 7.23. The minimum absolute atomic E-state index is 0.00612. The molecule has 0 aliphatic heterocycles. The van der Waals surface area contributed by atoms with Crippen molar-refractivity contribution in [2.24, 2.45) is 0 Å². The molecule has 0 aliphatic carbocycles. The highest BCUT2D eigenvalue weighted by Crippen LogP contribution is 2.41. The van der Waals surface area contributed by atoms with E-state index >= 15 is 0 Å². The van der Waals surface area contributed by atoms with E-state index in [1.165, 1.54) is 49.1 Å². The van der Waals surface area contributed by atoms with Gasteiger partial charge < -0.3 is 0 Å². The van der Waals surface area contributed by atoms with E-state index in [1.807, 2.05) is 0 Å². The number of halogens is 2. The van der Waals surface area contributed by atoms with Gasteiger partial charge in [0, 0.05) is 44.6 Å². The summed E-state index contributed by atoms with van der Waals surface area (Å²) in [6.07, 6.45) is 5.72. The summed E-state index contributed by atoms with van der Waals surface area (Å²) in [6.45, 7) is 3.41. The second-order valence-corrected chi connectivity index (χ2v) is 12.8. The van der Waals surface area contributed by atoms with Gasteiger partial charge in [-0.15, -0.1) is 0 Å². The highest BCUT2D eigenvalue weighted by atomic mass is 35.5. The molecule has 4 aromatic rings. The van der Waals surface area contributed by atoms with E-state index in [4.69, 9.17) is 23.2 Å². The quantitative estimate of drug-likeness (QED) is 0.307. The molecule has 172 valence electrons. The summed E-state index contributed by atoms with van der Waals surface area (Å²) in [5.41, 5.74) is 1.16. The minimum atomic E-state index is -3.95. The SMILES string of the molecule is Cc1cc(S(=O)(=O)n2cccc2)c(Sc2cc(Cl)c(C)cc2S(=O)(=O)n2cccc2)cc1Cl. The Morgan fingerprint density at radius 2 is 0.970 bits per heavy atom. The van der Waals surface area contributed by atoms with Crippen LogP contribution in [0.1, 0.15) is 11.1 Å². The maximum absolute atomic E-state index is 13.3. The van der Waals surface area contributed by atoms with Crippen molar-refractivity contribution < 1.29 is 16.8 Å². The van der Waals surface area contributed by atoms with Crippen LogP contribution in [0.5, 0.6) is 0 Å². The number of hydrogen-bond donors (Lipinski definition) is 0. The molecule has 2 heterocycles. The van der Waals surface area contributed by atoms with Crippen molar-refractivity contribution in [3.05, 3.63) is 94.5 Å². The molecular weight excluding hydrogens is 523 g/mol. The molecule has 33 heavy (non-hydrogen) atoms. The molecule has 11 heteroatoms. The third kappa shape index (κ3) is 4.48. The third-order valence-electron chi connectivity index (χ3n) is 4.93. The van der Waals surface area contributed by atoms with Crippen LogP contribution in [0.15, 0.2) is 92.9 Å². The Hall–Kier alpha value is -2.17. The van der Waals surface area contributed by atoms with Crippen molar-refractivity contribution in [1.29, 1.82) is 0 Å². The molecule has 0 saturated heterocycles. The molecule has 0 fully saturated rings. The van der Waals surface area contributed by atoms with Gasteiger partial charge in [-0.1, -0.05) is 35.0 Å². The summed E-state index contributed by atoms with van der Waals surface area (Å²) in [4.78, 5) is 0.574. The fourth-order valence-corrected chi connectivity index (χ4v) is 8.04. The van der Waals surface area contributed by atoms with Gasteiger partial charge in [-0.05, 0) is 73.5 Å². The predicted octanol–water partition coefficient (Wildman–Crippen LogP) is 5.84. The molecule has 2 aromatic carbocycles. The van der Waals surface area contributed by atoms with Crippen LogP contribution in [-0.4, -0.2) is 24.8 Å². The first-order valence-electron chi connectivity index (χ1n) is 9.57. The highest BCUT2D eigenvalue weighted by Gasteiger charge is 2.26. The Labute approximate surface area is 206 Å². The normalized spacial score (nSPS) is 12.2. The smallest absolute Gasteiger partial charge is 0.249 e. The van der Waals surface area contributed by atoms with Gasteiger partial charge in [0.25, 0.3) is 20.0 Å². The molecule has 0 unspecified atom stereocenters. The fraction of sp³-hybridized carbons (Fsp3) is 0.0909. The average Bonchev–Trinajstić information content (AvgIpc) is 3.47. The molecular formula is C22H18Cl2N2O4S3. The Morgan fingerprint density at radius 3 is 1.30 bits per heavy atom. The van der Waals surface area contributed by atoms with Crippen LogP contribution in [0.2, 0.25) is 10.0 Å². The molecule has 0 atom stereocenters. The van der Waals surface area contributed by atoms with Gasteiger partial charge in [0.2, 0.25) is 0 Å². The largest absolute Gasteiger partial charge is 0.268 e. The van der Waals surface area contributed by atoms with Crippen LogP contribution in [0.3, 0.4) is 0 Å². The van der Waals surface area contributed by atoms with Crippen LogP contribution in [0.25, 0.3) is 0 Å². The van der Waals surface area contributed by atoms with Crippen molar-refractivity contribution in [3.8, 4) is 0 Å². The van der Waals surface area contributed by atoms with E-state index in [1.54, 1.807) is 38.1 Å². The molecule has 0 bridgehead atoms. The molecule has 0 radical (unpaired) electrons. The van der Waals surface area contributed by atoms with E-state index in [0.717, 1.165) is 19.7 Å². The van der Waals surface area contributed by atoms with Crippen molar-refractivity contribution in [2.75, 3.05) is 0 Å². The Balaban J connectivity index is 1.93. The van der Waals surface area contributed by atoms with E-state index in [-0.39, 0.29) is 19.6 Å². The topological polar surface area (TPSA) is 78.1 Å². The van der Waals surface area contributed by atoms with Crippen LogP contribution >= 0.6 is 35.0 Å². The third-order valence-corrected chi connectivity index (χ3v) is 10.5. The average molecular weight is 542 g/mol. The summed E-state index contributed by atoms with van der Waals surface area (Å²) < 4.78 is 55.5. The zero-order valence-corrected chi connectivity index (χ0v) is 21.4. The zero-order valence-electron chi connectivity index (χ0n) is 17.4. The number of rotatable bonds is 6. The molecule has 6 nitrogen and oxygen atoms in total. The maximum Gasteiger partial charge on any atom is 0.268 e. The molecule has 0 spiro atoms. The lowest BCUT2D eigenvalue weighted by atomic mass is 10.2. The lowest BCUT2D eigenvalue weighted by molar-refractivity contribution is 0.584. The first kappa shape index (κ1) is 24.0. The number of nitrogens with zero attached hydrogens (tertiary/aromatic N) is 2. The van der Waals surface area contributed by atoms with Gasteiger partial charge in [0.05, 0.1) is 0 Å². The van der Waals surface area contributed by atoms with Crippen molar-refractivity contribution >= 4 is 55.0 Å². The highest BCUT2D eigenvalue weighted by molar-refractivity contribution is 8.01. The van der Waals surface area contributed by atoms with E-state index < -0.39 is 20.0 Å². The van der Waals surface area contributed by atoms with Crippen LogP contribution in [0.4, 0.5) is 0 Å². The van der Waals surface area contributed by atoms with Gasteiger partial charge in [-0.3, -0.25) is 0 Å². The predicted molar refractivity (Wildman–Crippen MR) is 131 cm³/mol. The first-order chi connectivity index (χ1) is 15.5.